The molecule has 0 saturated heterocycles. The lowest BCUT2D eigenvalue weighted by molar-refractivity contribution is -0.129. The van der Waals surface area contributed by atoms with E-state index in [4.69, 9.17) is 21.4 Å². The van der Waals surface area contributed by atoms with Crippen LogP contribution in [0.3, 0.4) is 0 Å². The van der Waals surface area contributed by atoms with Crippen LogP contribution in [0.4, 0.5) is 9.93 Å². The van der Waals surface area contributed by atoms with Crippen molar-refractivity contribution in [3.05, 3.63) is 11.1 Å². The zero-order valence-corrected chi connectivity index (χ0v) is 15.0. The minimum atomic E-state index is -0.573. The van der Waals surface area contributed by atoms with Crippen LogP contribution in [0.25, 0.3) is 0 Å². The van der Waals surface area contributed by atoms with Crippen molar-refractivity contribution >= 4 is 40.1 Å². The first-order valence-electron chi connectivity index (χ1n) is 7.14. The van der Waals surface area contributed by atoms with Crippen LogP contribution >= 0.6 is 22.9 Å². The fourth-order valence-electron chi connectivity index (χ4n) is 1.69. The number of nitrogens with one attached hydrogen (secondary N) is 1. The van der Waals surface area contributed by atoms with Crippen LogP contribution in [-0.2, 0) is 16.0 Å². The number of aromatic nitrogens is 1. The Hall–Kier alpha value is -1.38. The minimum Gasteiger partial charge on any atom is -0.444 e. The number of aliphatic hydroxyl groups is 1. The number of anilines is 1. The van der Waals surface area contributed by atoms with Crippen LogP contribution < -0.4 is 5.32 Å². The third kappa shape index (κ3) is 7.62. The largest absolute Gasteiger partial charge is 0.444 e. The van der Waals surface area contributed by atoms with E-state index in [0.29, 0.717) is 18.1 Å². The van der Waals surface area contributed by atoms with Crippen molar-refractivity contribution in [3.8, 4) is 0 Å². The summed E-state index contributed by atoms with van der Waals surface area (Å²) in [5, 5.41) is 13.8. The number of hydrogen-bond donors (Lipinski definition) is 2. The van der Waals surface area contributed by atoms with E-state index in [1.807, 2.05) is 0 Å². The van der Waals surface area contributed by atoms with Crippen LogP contribution in [-0.4, -0.2) is 58.2 Å². The number of alkyl halides is 1. The predicted molar refractivity (Wildman–Crippen MR) is 90.1 cm³/mol. The van der Waals surface area contributed by atoms with Crippen molar-refractivity contribution in [2.45, 2.75) is 32.8 Å². The normalized spacial score (nSPS) is 11.2. The van der Waals surface area contributed by atoms with Gasteiger partial charge in [-0.2, -0.15) is 0 Å². The van der Waals surface area contributed by atoms with Crippen molar-refractivity contribution in [1.29, 1.82) is 0 Å². The van der Waals surface area contributed by atoms with Crippen molar-refractivity contribution in [1.82, 2.24) is 9.88 Å². The van der Waals surface area contributed by atoms with Crippen molar-refractivity contribution in [2.24, 2.45) is 0 Å². The number of ether oxygens (including phenoxy) is 1. The molecule has 0 aliphatic carbocycles. The van der Waals surface area contributed by atoms with Crippen LogP contribution in [0, 0.1) is 0 Å². The SMILES string of the molecule is CC(C)(C)OC(=O)Nc1nc(CCN(CCO)C(=O)CCl)cs1. The number of thiazole rings is 1. The van der Waals surface area contributed by atoms with Crippen LogP contribution in [0.2, 0.25) is 0 Å². The Morgan fingerprint density at radius 3 is 2.70 bits per heavy atom. The van der Waals surface area contributed by atoms with Gasteiger partial charge in [0.1, 0.15) is 11.5 Å². The molecule has 0 fully saturated rings. The molecule has 2 amide bonds. The highest BCUT2D eigenvalue weighted by atomic mass is 35.5. The molecule has 0 unspecified atom stereocenters. The lowest BCUT2D eigenvalue weighted by Gasteiger charge is -2.20. The monoisotopic (exact) mass is 363 g/mol. The quantitative estimate of drug-likeness (QED) is 0.724. The summed E-state index contributed by atoms with van der Waals surface area (Å²) in [7, 11) is 0. The summed E-state index contributed by atoms with van der Waals surface area (Å²) in [5.74, 6) is -0.356. The molecule has 0 atom stereocenters. The molecule has 0 aromatic carbocycles. The average Bonchev–Trinajstić information content (AvgIpc) is 2.87. The van der Waals surface area contributed by atoms with E-state index in [9.17, 15) is 9.59 Å². The molecular weight excluding hydrogens is 342 g/mol. The van der Waals surface area contributed by atoms with E-state index < -0.39 is 11.7 Å². The summed E-state index contributed by atoms with van der Waals surface area (Å²) in [6.45, 7) is 5.86. The second-order valence-electron chi connectivity index (χ2n) is 5.76. The Morgan fingerprint density at radius 2 is 2.13 bits per heavy atom. The first kappa shape index (κ1) is 19.7. The molecule has 0 aliphatic rings. The number of hydrogen-bond acceptors (Lipinski definition) is 6. The molecule has 23 heavy (non-hydrogen) atoms. The molecule has 130 valence electrons. The Kier molecular flexibility index (Phi) is 7.74. The molecule has 1 heterocycles. The molecule has 0 spiro atoms. The first-order valence-corrected chi connectivity index (χ1v) is 8.55. The summed E-state index contributed by atoms with van der Waals surface area (Å²) in [6, 6.07) is 0. The van der Waals surface area contributed by atoms with E-state index in [1.54, 1.807) is 26.2 Å². The number of rotatable bonds is 7. The molecular formula is C14H22ClN3O4S. The second kappa shape index (κ2) is 9.05. The van der Waals surface area contributed by atoms with Gasteiger partial charge in [0.05, 0.1) is 12.3 Å². The standard InChI is InChI=1S/C14H22ClN3O4S/c1-14(2,3)22-13(21)17-12-16-10(9-23-12)4-5-18(6-7-19)11(20)8-15/h9,19H,4-8H2,1-3H3,(H,16,17,21). The van der Waals surface area contributed by atoms with Gasteiger partial charge >= 0.3 is 6.09 Å². The molecule has 0 saturated carbocycles. The number of carbonyl (C=O) groups excluding carboxylic acids is 2. The Bertz CT molecular complexity index is 530. The number of aliphatic hydroxyl groups excluding tert-OH is 1. The number of carbonyl (C=O) groups is 2. The molecule has 1 aromatic heterocycles. The predicted octanol–water partition coefficient (Wildman–Crippen LogP) is 2.09. The van der Waals surface area contributed by atoms with Gasteiger partial charge in [-0.05, 0) is 20.8 Å². The minimum absolute atomic E-state index is 0.120. The summed E-state index contributed by atoms with van der Waals surface area (Å²) in [6.07, 6.45) is -0.0487. The van der Waals surface area contributed by atoms with Crippen LogP contribution in [0.15, 0.2) is 5.38 Å². The third-order valence-electron chi connectivity index (χ3n) is 2.63. The number of halogens is 1. The molecule has 0 radical (unpaired) electrons. The third-order valence-corrected chi connectivity index (χ3v) is 3.67. The van der Waals surface area contributed by atoms with Gasteiger partial charge in [-0.15, -0.1) is 22.9 Å². The van der Waals surface area contributed by atoms with Crippen molar-refractivity contribution in [3.63, 3.8) is 0 Å². The molecule has 2 N–H and O–H groups in total. The second-order valence-corrected chi connectivity index (χ2v) is 6.88. The summed E-state index contributed by atoms with van der Waals surface area (Å²) in [5.41, 5.74) is 0.169. The number of nitrogens with zero attached hydrogens (tertiary/aromatic N) is 2. The van der Waals surface area contributed by atoms with Gasteiger partial charge in [-0.25, -0.2) is 9.78 Å². The van der Waals surface area contributed by atoms with E-state index in [2.05, 4.69) is 10.3 Å². The maximum absolute atomic E-state index is 11.7. The molecule has 0 aliphatic heterocycles. The highest BCUT2D eigenvalue weighted by Gasteiger charge is 2.17. The zero-order valence-electron chi connectivity index (χ0n) is 13.5. The van der Waals surface area contributed by atoms with Crippen molar-refractivity contribution in [2.75, 3.05) is 30.9 Å². The van der Waals surface area contributed by atoms with Crippen LogP contribution in [0.1, 0.15) is 26.5 Å². The lowest BCUT2D eigenvalue weighted by Crippen LogP contribution is -2.36. The van der Waals surface area contributed by atoms with Gasteiger partial charge in [-0.1, -0.05) is 0 Å². The topological polar surface area (TPSA) is 91.8 Å². The van der Waals surface area contributed by atoms with E-state index in [-0.39, 0.29) is 24.9 Å². The molecule has 7 nitrogen and oxygen atoms in total. The Balaban J connectivity index is 2.53. The first-order chi connectivity index (χ1) is 10.7. The van der Waals surface area contributed by atoms with E-state index >= 15 is 0 Å². The van der Waals surface area contributed by atoms with Gasteiger partial charge in [-0.3, -0.25) is 10.1 Å². The van der Waals surface area contributed by atoms with Gasteiger partial charge in [0, 0.05) is 24.9 Å². The highest BCUT2D eigenvalue weighted by Crippen LogP contribution is 2.17. The fraction of sp³-hybridized carbons (Fsp3) is 0.643. The van der Waals surface area contributed by atoms with Gasteiger partial charge in [0.2, 0.25) is 5.91 Å². The number of amides is 2. The van der Waals surface area contributed by atoms with Gasteiger partial charge < -0.3 is 14.7 Å². The Labute approximate surface area is 144 Å². The van der Waals surface area contributed by atoms with Crippen molar-refractivity contribution < 1.29 is 19.4 Å². The summed E-state index contributed by atoms with van der Waals surface area (Å²) in [4.78, 5) is 29.0. The maximum Gasteiger partial charge on any atom is 0.413 e. The van der Waals surface area contributed by atoms with E-state index in [0.717, 1.165) is 5.69 Å². The molecule has 1 rings (SSSR count). The molecule has 1 aromatic rings. The molecule has 9 heteroatoms. The maximum atomic E-state index is 11.7. The fourth-order valence-corrected chi connectivity index (χ4v) is 2.59. The van der Waals surface area contributed by atoms with Gasteiger partial charge in [0.15, 0.2) is 5.13 Å². The molecule has 0 bridgehead atoms. The van der Waals surface area contributed by atoms with Gasteiger partial charge in [0.25, 0.3) is 0 Å². The average molecular weight is 364 g/mol. The van der Waals surface area contributed by atoms with Crippen LogP contribution in [0.5, 0.6) is 0 Å². The smallest absolute Gasteiger partial charge is 0.413 e. The summed E-state index contributed by atoms with van der Waals surface area (Å²) < 4.78 is 5.15. The summed E-state index contributed by atoms with van der Waals surface area (Å²) >= 11 is 6.81. The van der Waals surface area contributed by atoms with E-state index in [1.165, 1.54) is 16.2 Å². The lowest BCUT2D eigenvalue weighted by atomic mass is 10.2. The zero-order chi connectivity index (χ0) is 17.5. The highest BCUT2D eigenvalue weighted by molar-refractivity contribution is 7.13. The Morgan fingerprint density at radius 1 is 1.43 bits per heavy atom.